The van der Waals surface area contributed by atoms with Gasteiger partial charge in [0, 0.05) is 18.8 Å². The van der Waals surface area contributed by atoms with Gasteiger partial charge in [-0.3, -0.25) is 4.55 Å². The summed E-state index contributed by atoms with van der Waals surface area (Å²) in [6.45, 7) is 3.27. The number of hydrogen-bond donors (Lipinski definition) is 1. The molecule has 0 aliphatic carbocycles. The van der Waals surface area contributed by atoms with Crippen molar-refractivity contribution in [3.05, 3.63) is 29.8 Å². The fourth-order valence-electron chi connectivity index (χ4n) is 1.93. The van der Waals surface area contributed by atoms with E-state index in [9.17, 15) is 8.42 Å². The van der Waals surface area contributed by atoms with Gasteiger partial charge in [0.05, 0.1) is 12.3 Å². The van der Waals surface area contributed by atoms with Crippen molar-refractivity contribution in [3.8, 4) is 0 Å². The molecule has 0 aliphatic rings. The van der Waals surface area contributed by atoms with Crippen molar-refractivity contribution in [1.82, 2.24) is 10.2 Å². The molecular formula is C13H17N5O4S2. The fourth-order valence-corrected chi connectivity index (χ4v) is 2.63. The van der Waals surface area contributed by atoms with E-state index in [4.69, 9.17) is 4.55 Å². The summed E-state index contributed by atoms with van der Waals surface area (Å²) in [6.07, 6.45) is 0.464. The van der Waals surface area contributed by atoms with E-state index in [0.29, 0.717) is 23.8 Å². The van der Waals surface area contributed by atoms with E-state index in [1.54, 1.807) is 5.51 Å². The third kappa shape index (κ3) is 6.28. The summed E-state index contributed by atoms with van der Waals surface area (Å²) in [5.74, 6) is 0. The smallest absolute Gasteiger partial charge is 0.372 e. The van der Waals surface area contributed by atoms with Gasteiger partial charge in [-0.05, 0) is 37.6 Å². The van der Waals surface area contributed by atoms with Crippen LogP contribution in [0, 0.1) is 0 Å². The quantitative estimate of drug-likeness (QED) is 0.409. The molecular weight excluding hydrogens is 354 g/mol. The highest BCUT2D eigenvalue weighted by Gasteiger charge is 2.07. The molecule has 1 aromatic heterocycles. The van der Waals surface area contributed by atoms with Crippen molar-refractivity contribution in [2.45, 2.75) is 13.3 Å². The topological polar surface area (TPSA) is 117 Å². The molecule has 0 amide bonds. The number of rotatable bonds is 9. The minimum absolute atomic E-state index is 0.0660. The Morgan fingerprint density at radius 1 is 1.29 bits per heavy atom. The minimum atomic E-state index is -4.37. The van der Waals surface area contributed by atoms with E-state index >= 15 is 0 Å². The SMILES string of the molecule is CCN(CCCOS(=O)(=O)O)c1ccc(/N=N/c2nncs2)cc1. The Morgan fingerprint density at radius 3 is 2.62 bits per heavy atom. The second-order valence-electron chi connectivity index (χ2n) is 4.62. The van der Waals surface area contributed by atoms with Crippen molar-refractivity contribution < 1.29 is 17.2 Å². The van der Waals surface area contributed by atoms with Gasteiger partial charge in [-0.25, -0.2) is 4.18 Å². The van der Waals surface area contributed by atoms with E-state index < -0.39 is 10.4 Å². The van der Waals surface area contributed by atoms with Crippen LogP contribution < -0.4 is 4.90 Å². The largest absolute Gasteiger partial charge is 0.397 e. The molecule has 24 heavy (non-hydrogen) atoms. The van der Waals surface area contributed by atoms with Gasteiger partial charge in [0.1, 0.15) is 5.51 Å². The van der Waals surface area contributed by atoms with Crippen molar-refractivity contribution in [2.24, 2.45) is 10.2 Å². The minimum Gasteiger partial charge on any atom is -0.372 e. The maximum Gasteiger partial charge on any atom is 0.397 e. The second kappa shape index (κ2) is 8.78. The molecule has 9 nitrogen and oxygen atoms in total. The molecule has 2 aromatic rings. The van der Waals surface area contributed by atoms with Gasteiger partial charge >= 0.3 is 10.4 Å². The van der Waals surface area contributed by atoms with Gasteiger partial charge < -0.3 is 4.90 Å². The van der Waals surface area contributed by atoms with Crippen LogP contribution in [0.15, 0.2) is 40.0 Å². The lowest BCUT2D eigenvalue weighted by Gasteiger charge is -2.22. The lowest BCUT2D eigenvalue weighted by atomic mass is 10.2. The van der Waals surface area contributed by atoms with Crippen LogP contribution in [0.3, 0.4) is 0 Å². The van der Waals surface area contributed by atoms with E-state index in [0.717, 1.165) is 12.2 Å². The first kappa shape index (κ1) is 18.4. The standard InChI is InChI=1S/C13H17N5O4S2/c1-2-18(8-3-9-22-24(19,20)21)12-6-4-11(5-7-12)15-17-13-16-14-10-23-13/h4-7,10H,2-3,8-9H2,1H3,(H,19,20,21)/b17-15+. The Bertz CT molecular complexity index is 747. The Labute approximate surface area is 144 Å². The van der Waals surface area contributed by atoms with Gasteiger partial charge in [0.2, 0.25) is 0 Å². The molecule has 0 aliphatic heterocycles. The molecule has 0 fully saturated rings. The summed E-state index contributed by atoms with van der Waals surface area (Å²) < 4.78 is 33.8. The Morgan fingerprint density at radius 2 is 2.04 bits per heavy atom. The number of anilines is 1. The van der Waals surface area contributed by atoms with Crippen LogP contribution in [0.2, 0.25) is 0 Å². The highest BCUT2D eigenvalue weighted by atomic mass is 32.3. The van der Waals surface area contributed by atoms with Gasteiger partial charge in [-0.2, -0.15) is 8.42 Å². The average Bonchev–Trinajstić information content (AvgIpc) is 3.06. The molecule has 11 heteroatoms. The summed E-state index contributed by atoms with van der Waals surface area (Å²) >= 11 is 1.30. The highest BCUT2D eigenvalue weighted by molar-refractivity contribution is 7.80. The lowest BCUT2D eigenvalue weighted by molar-refractivity contribution is 0.266. The molecule has 0 unspecified atom stereocenters. The third-order valence-corrected chi connectivity index (χ3v) is 4.04. The number of aromatic nitrogens is 2. The first-order valence-corrected chi connectivity index (χ1v) is 9.37. The summed E-state index contributed by atoms with van der Waals surface area (Å²) in [6, 6.07) is 7.47. The van der Waals surface area contributed by atoms with Gasteiger partial charge in [-0.1, -0.05) is 11.3 Å². The van der Waals surface area contributed by atoms with Gasteiger partial charge in [0.15, 0.2) is 0 Å². The van der Waals surface area contributed by atoms with Crippen molar-refractivity contribution in [1.29, 1.82) is 0 Å². The summed E-state index contributed by atoms with van der Waals surface area (Å²) in [5, 5.41) is 16.0. The molecule has 2 rings (SSSR count). The Hall–Kier alpha value is -1.95. The van der Waals surface area contributed by atoms with Crippen LogP contribution in [-0.4, -0.2) is 42.9 Å². The van der Waals surface area contributed by atoms with E-state index in [1.807, 2.05) is 31.2 Å². The van der Waals surface area contributed by atoms with Crippen LogP contribution in [0.25, 0.3) is 0 Å². The van der Waals surface area contributed by atoms with Crippen molar-refractivity contribution >= 4 is 38.2 Å². The van der Waals surface area contributed by atoms with Gasteiger partial charge in [-0.15, -0.1) is 20.4 Å². The molecule has 130 valence electrons. The van der Waals surface area contributed by atoms with Gasteiger partial charge in [0.25, 0.3) is 5.13 Å². The molecule has 1 N–H and O–H groups in total. The molecule has 1 heterocycles. The fraction of sp³-hybridized carbons (Fsp3) is 0.385. The molecule has 0 spiro atoms. The molecule has 0 bridgehead atoms. The van der Waals surface area contributed by atoms with Crippen LogP contribution in [0.1, 0.15) is 13.3 Å². The van der Waals surface area contributed by atoms with Crippen LogP contribution in [0.5, 0.6) is 0 Å². The second-order valence-corrected chi connectivity index (χ2v) is 6.52. The number of benzene rings is 1. The Kier molecular flexibility index (Phi) is 6.73. The van der Waals surface area contributed by atoms with E-state index in [2.05, 4.69) is 29.5 Å². The maximum absolute atomic E-state index is 10.5. The highest BCUT2D eigenvalue weighted by Crippen LogP contribution is 2.22. The van der Waals surface area contributed by atoms with Crippen molar-refractivity contribution in [2.75, 3.05) is 24.6 Å². The average molecular weight is 371 g/mol. The zero-order valence-corrected chi connectivity index (χ0v) is 14.6. The zero-order chi connectivity index (χ0) is 17.4. The van der Waals surface area contributed by atoms with Crippen LogP contribution in [0.4, 0.5) is 16.5 Å². The monoisotopic (exact) mass is 371 g/mol. The number of nitrogens with zero attached hydrogens (tertiary/aromatic N) is 5. The van der Waals surface area contributed by atoms with Crippen LogP contribution >= 0.6 is 11.3 Å². The normalized spacial score (nSPS) is 11.9. The predicted molar refractivity (Wildman–Crippen MR) is 90.5 cm³/mol. The van der Waals surface area contributed by atoms with E-state index in [1.165, 1.54) is 11.3 Å². The molecule has 0 saturated carbocycles. The summed E-state index contributed by atoms with van der Waals surface area (Å²) in [7, 11) is -4.37. The van der Waals surface area contributed by atoms with Crippen molar-refractivity contribution in [3.63, 3.8) is 0 Å². The molecule has 0 radical (unpaired) electrons. The first-order valence-electron chi connectivity index (χ1n) is 7.12. The summed E-state index contributed by atoms with van der Waals surface area (Å²) in [5.41, 5.74) is 3.25. The molecule has 1 aromatic carbocycles. The predicted octanol–water partition coefficient (Wildman–Crippen LogP) is 2.99. The maximum atomic E-state index is 10.5. The first-order chi connectivity index (χ1) is 11.5. The molecule has 0 atom stereocenters. The van der Waals surface area contributed by atoms with Crippen LogP contribution in [-0.2, 0) is 14.6 Å². The number of hydrogen-bond acceptors (Lipinski definition) is 9. The molecule has 0 saturated heterocycles. The zero-order valence-electron chi connectivity index (χ0n) is 12.9. The number of azo groups is 1. The third-order valence-electron chi connectivity index (χ3n) is 3.00. The van der Waals surface area contributed by atoms with E-state index in [-0.39, 0.29) is 6.61 Å². The lowest BCUT2D eigenvalue weighted by Crippen LogP contribution is -2.25. The Balaban J connectivity index is 1.89. The summed E-state index contributed by atoms with van der Waals surface area (Å²) in [4.78, 5) is 2.05.